The molecule has 0 radical (unpaired) electrons. The number of rotatable bonds is 7. The maximum atomic E-state index is 11.4. The maximum absolute atomic E-state index is 11.4. The fourth-order valence-electron chi connectivity index (χ4n) is 1.24. The van der Waals surface area contributed by atoms with Gasteiger partial charge in [0.05, 0.1) is 13.2 Å². The molecule has 0 aliphatic heterocycles. The Labute approximate surface area is 103 Å². The first-order valence-corrected chi connectivity index (χ1v) is 6.31. The van der Waals surface area contributed by atoms with E-state index in [1.54, 1.807) is 7.11 Å². The summed E-state index contributed by atoms with van der Waals surface area (Å²) in [7, 11) is 1.59. The molecule has 0 saturated heterocycles. The van der Waals surface area contributed by atoms with Gasteiger partial charge in [-0.3, -0.25) is 10.1 Å². The summed E-state index contributed by atoms with van der Waals surface area (Å²) in [5, 5.41) is 12.2. The predicted molar refractivity (Wildman–Crippen MR) is 63.2 cm³/mol. The predicted octanol–water partition coefficient (Wildman–Crippen LogP) is 1.02. The number of carbonyl (C=O) groups excluding carboxylic acids is 1. The van der Waals surface area contributed by atoms with E-state index in [4.69, 9.17) is 9.47 Å². The van der Waals surface area contributed by atoms with Crippen molar-refractivity contribution in [3.8, 4) is 0 Å². The van der Waals surface area contributed by atoms with Crippen LogP contribution in [0.15, 0.2) is 0 Å². The van der Waals surface area contributed by atoms with Gasteiger partial charge in [-0.2, -0.15) is 0 Å². The van der Waals surface area contributed by atoms with E-state index >= 15 is 0 Å². The highest BCUT2D eigenvalue weighted by atomic mass is 32.1. The average Bonchev–Trinajstić information content (AvgIpc) is 3.07. The molecular formula is C10H15N3O3S. The summed E-state index contributed by atoms with van der Waals surface area (Å²) in [6.45, 7) is 0.910. The molecule has 0 spiro atoms. The van der Waals surface area contributed by atoms with Crippen molar-refractivity contribution in [1.29, 1.82) is 0 Å². The van der Waals surface area contributed by atoms with Crippen LogP contribution in [0.1, 0.15) is 23.8 Å². The Balaban J connectivity index is 1.69. The molecule has 1 fully saturated rings. The average molecular weight is 257 g/mol. The van der Waals surface area contributed by atoms with Gasteiger partial charge in [0.1, 0.15) is 11.6 Å². The van der Waals surface area contributed by atoms with Crippen LogP contribution in [0.25, 0.3) is 0 Å². The summed E-state index contributed by atoms with van der Waals surface area (Å²) in [5.41, 5.74) is 0. The summed E-state index contributed by atoms with van der Waals surface area (Å²) in [6.07, 6.45) is 2.37. The fraction of sp³-hybridized carbons (Fsp3) is 0.700. The molecule has 17 heavy (non-hydrogen) atoms. The monoisotopic (exact) mass is 257 g/mol. The van der Waals surface area contributed by atoms with Crippen molar-refractivity contribution in [1.82, 2.24) is 10.2 Å². The van der Waals surface area contributed by atoms with Crippen molar-refractivity contribution in [3.63, 3.8) is 0 Å². The van der Waals surface area contributed by atoms with Gasteiger partial charge in [-0.05, 0) is 12.8 Å². The zero-order valence-corrected chi connectivity index (χ0v) is 10.5. The molecule has 1 N–H and O–H groups in total. The number of nitrogens with zero attached hydrogens (tertiary/aromatic N) is 2. The van der Waals surface area contributed by atoms with Crippen LogP contribution in [-0.4, -0.2) is 43.0 Å². The number of aromatic nitrogens is 2. The van der Waals surface area contributed by atoms with Crippen LogP contribution in [0, 0.1) is 0 Å². The lowest BCUT2D eigenvalue weighted by Crippen LogP contribution is -2.19. The second-order valence-electron chi connectivity index (χ2n) is 3.81. The highest BCUT2D eigenvalue weighted by Gasteiger charge is 2.27. The number of hydrogen-bond donors (Lipinski definition) is 1. The molecule has 1 aromatic rings. The standard InChI is InChI=1S/C10H15N3O3S/c1-15-4-5-16-6-8(14)11-10-13-12-9(17-10)7-2-3-7/h7H,2-6H2,1H3,(H,11,13,14). The third-order valence-electron chi connectivity index (χ3n) is 2.28. The molecular weight excluding hydrogens is 242 g/mol. The van der Waals surface area contributed by atoms with Gasteiger partial charge in [0.2, 0.25) is 5.13 Å². The van der Waals surface area contributed by atoms with E-state index in [0.717, 1.165) is 5.01 Å². The summed E-state index contributed by atoms with van der Waals surface area (Å²) >= 11 is 1.44. The number of amides is 1. The van der Waals surface area contributed by atoms with Gasteiger partial charge in [0.25, 0.3) is 5.91 Å². The van der Waals surface area contributed by atoms with E-state index in [0.29, 0.717) is 24.3 Å². The lowest BCUT2D eigenvalue weighted by atomic mass is 10.5. The molecule has 1 aliphatic rings. The highest BCUT2D eigenvalue weighted by molar-refractivity contribution is 7.15. The molecule has 94 valence electrons. The molecule has 0 bridgehead atoms. The summed E-state index contributed by atoms with van der Waals surface area (Å²) in [5.74, 6) is 0.357. The van der Waals surface area contributed by atoms with E-state index in [-0.39, 0.29) is 12.5 Å². The second-order valence-corrected chi connectivity index (χ2v) is 4.82. The van der Waals surface area contributed by atoms with Gasteiger partial charge < -0.3 is 9.47 Å². The van der Waals surface area contributed by atoms with Crippen LogP contribution in [0.4, 0.5) is 5.13 Å². The molecule has 1 aromatic heterocycles. The van der Waals surface area contributed by atoms with E-state index < -0.39 is 0 Å². The minimum absolute atomic E-state index is 0.0156. The number of carbonyl (C=O) groups is 1. The molecule has 0 aromatic carbocycles. The molecule has 6 nitrogen and oxygen atoms in total. The Kier molecular flexibility index (Phi) is 4.41. The third-order valence-corrected chi connectivity index (χ3v) is 3.28. The molecule has 1 heterocycles. The van der Waals surface area contributed by atoms with Crippen molar-refractivity contribution < 1.29 is 14.3 Å². The first kappa shape index (κ1) is 12.4. The SMILES string of the molecule is COCCOCC(=O)Nc1nnc(C2CC2)s1. The van der Waals surface area contributed by atoms with E-state index in [1.807, 2.05) is 0 Å². The van der Waals surface area contributed by atoms with Crippen LogP contribution < -0.4 is 5.32 Å². The van der Waals surface area contributed by atoms with Gasteiger partial charge in [-0.15, -0.1) is 10.2 Å². The van der Waals surface area contributed by atoms with E-state index in [9.17, 15) is 4.79 Å². The minimum atomic E-state index is -0.209. The van der Waals surface area contributed by atoms with Crippen molar-refractivity contribution in [2.45, 2.75) is 18.8 Å². The first-order valence-electron chi connectivity index (χ1n) is 5.49. The fourth-order valence-corrected chi connectivity index (χ4v) is 2.17. The maximum Gasteiger partial charge on any atom is 0.252 e. The van der Waals surface area contributed by atoms with Crippen molar-refractivity contribution in [2.75, 3.05) is 32.2 Å². The topological polar surface area (TPSA) is 73.3 Å². The molecule has 0 atom stereocenters. The second kappa shape index (κ2) is 6.04. The van der Waals surface area contributed by atoms with Gasteiger partial charge in [-0.1, -0.05) is 11.3 Å². The zero-order valence-electron chi connectivity index (χ0n) is 9.64. The van der Waals surface area contributed by atoms with Gasteiger partial charge in [-0.25, -0.2) is 0 Å². The minimum Gasteiger partial charge on any atom is -0.382 e. The Bertz CT molecular complexity index is 379. The number of nitrogens with one attached hydrogen (secondary N) is 1. The van der Waals surface area contributed by atoms with Crippen LogP contribution in [0.5, 0.6) is 0 Å². The lowest BCUT2D eigenvalue weighted by Gasteiger charge is -2.02. The quantitative estimate of drug-likeness (QED) is 0.738. The summed E-state index contributed by atoms with van der Waals surface area (Å²) in [4.78, 5) is 11.4. The van der Waals surface area contributed by atoms with Crippen LogP contribution in [0.2, 0.25) is 0 Å². The van der Waals surface area contributed by atoms with Crippen molar-refractivity contribution >= 4 is 22.4 Å². The Morgan fingerprint density at radius 1 is 1.47 bits per heavy atom. The Morgan fingerprint density at radius 3 is 3.00 bits per heavy atom. The number of methoxy groups -OCH3 is 1. The summed E-state index contributed by atoms with van der Waals surface area (Å²) in [6, 6.07) is 0. The smallest absolute Gasteiger partial charge is 0.252 e. The zero-order chi connectivity index (χ0) is 12.1. The van der Waals surface area contributed by atoms with Crippen molar-refractivity contribution in [2.24, 2.45) is 0 Å². The van der Waals surface area contributed by atoms with Crippen LogP contribution >= 0.6 is 11.3 Å². The van der Waals surface area contributed by atoms with Crippen LogP contribution in [0.3, 0.4) is 0 Å². The molecule has 1 aliphatic carbocycles. The largest absolute Gasteiger partial charge is 0.382 e. The Morgan fingerprint density at radius 2 is 2.29 bits per heavy atom. The van der Waals surface area contributed by atoms with Crippen LogP contribution in [-0.2, 0) is 14.3 Å². The van der Waals surface area contributed by atoms with Gasteiger partial charge in [0.15, 0.2) is 0 Å². The third kappa shape index (κ3) is 4.03. The van der Waals surface area contributed by atoms with E-state index in [2.05, 4.69) is 15.5 Å². The van der Waals surface area contributed by atoms with Gasteiger partial charge >= 0.3 is 0 Å². The normalized spacial score (nSPS) is 14.9. The Hall–Kier alpha value is -1.05. The summed E-state index contributed by atoms with van der Waals surface area (Å²) < 4.78 is 9.90. The molecule has 2 rings (SSSR count). The molecule has 1 amide bonds. The van der Waals surface area contributed by atoms with E-state index in [1.165, 1.54) is 24.2 Å². The van der Waals surface area contributed by atoms with Crippen molar-refractivity contribution in [3.05, 3.63) is 5.01 Å². The number of hydrogen-bond acceptors (Lipinski definition) is 6. The number of anilines is 1. The molecule has 0 unspecified atom stereocenters. The highest BCUT2D eigenvalue weighted by Crippen LogP contribution is 2.41. The molecule has 1 saturated carbocycles. The first-order chi connectivity index (χ1) is 8.29. The number of ether oxygens (including phenoxy) is 2. The lowest BCUT2D eigenvalue weighted by molar-refractivity contribution is -0.121. The van der Waals surface area contributed by atoms with Gasteiger partial charge in [0, 0.05) is 13.0 Å². The molecule has 7 heteroatoms.